The summed E-state index contributed by atoms with van der Waals surface area (Å²) in [5.41, 5.74) is 1.31. The van der Waals surface area contributed by atoms with Gasteiger partial charge in [-0.1, -0.05) is 23.7 Å². The molecule has 1 aliphatic rings. The van der Waals surface area contributed by atoms with Crippen molar-refractivity contribution in [2.24, 2.45) is 0 Å². The summed E-state index contributed by atoms with van der Waals surface area (Å²) < 4.78 is 0. The van der Waals surface area contributed by atoms with Gasteiger partial charge in [-0.2, -0.15) is 0 Å². The number of aryl methyl sites for hydroxylation is 1. The van der Waals surface area contributed by atoms with Crippen molar-refractivity contribution in [2.75, 3.05) is 0 Å². The van der Waals surface area contributed by atoms with Gasteiger partial charge in [0.25, 0.3) is 5.91 Å². The van der Waals surface area contributed by atoms with E-state index in [2.05, 4.69) is 10.3 Å². The molecule has 3 rings (SSSR count). The predicted octanol–water partition coefficient (Wildman–Crippen LogP) is 4.34. The highest BCUT2D eigenvalue weighted by Crippen LogP contribution is 2.35. The van der Waals surface area contributed by atoms with E-state index in [0.717, 1.165) is 15.4 Å². The highest BCUT2D eigenvalue weighted by atomic mass is 35.5. The Balaban J connectivity index is 2.05. The third kappa shape index (κ3) is 3.12. The number of halogens is 1. The molecule has 2 aromatic rings. The molecule has 4 nitrogen and oxygen atoms in total. The number of amides is 1. The van der Waals surface area contributed by atoms with E-state index in [4.69, 9.17) is 11.6 Å². The van der Waals surface area contributed by atoms with E-state index in [1.54, 1.807) is 12.1 Å². The lowest BCUT2D eigenvalue weighted by Gasteiger charge is -2.31. The van der Waals surface area contributed by atoms with Gasteiger partial charge in [0.1, 0.15) is 16.3 Å². The minimum absolute atomic E-state index is 0.0924. The van der Waals surface area contributed by atoms with Gasteiger partial charge < -0.3 is 10.4 Å². The van der Waals surface area contributed by atoms with Crippen molar-refractivity contribution >= 4 is 34.4 Å². The van der Waals surface area contributed by atoms with Gasteiger partial charge in [0.2, 0.25) is 0 Å². The summed E-state index contributed by atoms with van der Waals surface area (Å²) in [7, 11) is 0. The van der Waals surface area contributed by atoms with Crippen molar-refractivity contribution in [1.82, 2.24) is 10.3 Å². The van der Waals surface area contributed by atoms with Gasteiger partial charge in [0.15, 0.2) is 0 Å². The summed E-state index contributed by atoms with van der Waals surface area (Å²) >= 11 is 7.40. The van der Waals surface area contributed by atoms with Crippen LogP contribution < -0.4 is 5.32 Å². The molecule has 2 heterocycles. The standard InChI is InChI=1S/C17H17ClN2O2S/c1-9-14(13-12(21)8-17(2,3)20-15(13)22)19-16(23-9)10-4-6-11(18)7-5-10/h4-7,21H,8H2,1-3H3,(H,20,22). The Bertz CT molecular complexity index is 807. The zero-order chi connectivity index (χ0) is 16.8. The molecule has 0 fully saturated rings. The summed E-state index contributed by atoms with van der Waals surface area (Å²) in [4.78, 5) is 17.9. The molecule has 0 aliphatic carbocycles. The van der Waals surface area contributed by atoms with Crippen molar-refractivity contribution in [2.45, 2.75) is 32.7 Å². The average Bonchev–Trinajstić information content (AvgIpc) is 2.79. The molecule has 0 bridgehead atoms. The number of hydrogen-bond donors (Lipinski definition) is 2. The molecule has 120 valence electrons. The third-order valence-corrected chi connectivity index (χ3v) is 4.97. The SMILES string of the molecule is Cc1sc(-c2ccc(Cl)cc2)nc1C1=C(O)CC(C)(C)NC1=O. The number of benzene rings is 1. The molecular formula is C17H17ClN2O2S. The molecule has 0 saturated heterocycles. The number of hydrogen-bond acceptors (Lipinski definition) is 4. The number of nitrogens with one attached hydrogen (secondary N) is 1. The molecule has 1 amide bonds. The van der Waals surface area contributed by atoms with Crippen LogP contribution in [0, 0.1) is 6.92 Å². The number of thiazole rings is 1. The number of aliphatic hydroxyl groups is 1. The molecule has 1 aliphatic heterocycles. The van der Waals surface area contributed by atoms with Crippen LogP contribution in [-0.4, -0.2) is 21.5 Å². The molecule has 23 heavy (non-hydrogen) atoms. The van der Waals surface area contributed by atoms with Crippen LogP contribution in [0.1, 0.15) is 30.8 Å². The first-order valence-electron chi connectivity index (χ1n) is 7.25. The molecular weight excluding hydrogens is 332 g/mol. The molecule has 0 atom stereocenters. The Labute approximate surface area is 143 Å². The summed E-state index contributed by atoms with van der Waals surface area (Å²) in [6.07, 6.45) is 0.390. The first-order chi connectivity index (χ1) is 10.8. The molecule has 6 heteroatoms. The number of aromatic nitrogens is 1. The van der Waals surface area contributed by atoms with Gasteiger partial charge in [-0.3, -0.25) is 4.79 Å². The zero-order valence-corrected chi connectivity index (χ0v) is 14.7. The highest BCUT2D eigenvalue weighted by Gasteiger charge is 2.34. The topological polar surface area (TPSA) is 62.2 Å². The number of nitrogens with zero attached hydrogens (tertiary/aromatic N) is 1. The van der Waals surface area contributed by atoms with E-state index in [1.165, 1.54) is 11.3 Å². The van der Waals surface area contributed by atoms with Gasteiger partial charge in [-0.15, -0.1) is 11.3 Å². The maximum atomic E-state index is 12.4. The van der Waals surface area contributed by atoms with Gasteiger partial charge >= 0.3 is 0 Å². The summed E-state index contributed by atoms with van der Waals surface area (Å²) in [5.74, 6) is -0.190. The fourth-order valence-electron chi connectivity index (χ4n) is 2.64. The van der Waals surface area contributed by atoms with Crippen LogP contribution >= 0.6 is 22.9 Å². The van der Waals surface area contributed by atoms with Gasteiger partial charge in [0.05, 0.1) is 5.69 Å². The van der Waals surface area contributed by atoms with E-state index in [1.807, 2.05) is 32.9 Å². The van der Waals surface area contributed by atoms with Crippen molar-refractivity contribution in [3.63, 3.8) is 0 Å². The second-order valence-corrected chi connectivity index (χ2v) is 7.91. The minimum atomic E-state index is -0.451. The Kier molecular flexibility index (Phi) is 3.94. The Morgan fingerprint density at radius 3 is 2.57 bits per heavy atom. The molecule has 0 saturated carbocycles. The molecule has 0 unspecified atom stereocenters. The van der Waals surface area contributed by atoms with Crippen molar-refractivity contribution in [3.8, 4) is 10.6 Å². The number of carbonyl (C=O) groups is 1. The maximum absolute atomic E-state index is 12.4. The summed E-state index contributed by atoms with van der Waals surface area (Å²) in [6.45, 7) is 5.66. The quantitative estimate of drug-likeness (QED) is 0.848. The minimum Gasteiger partial charge on any atom is -0.511 e. The lowest BCUT2D eigenvalue weighted by atomic mass is 9.91. The Hall–Kier alpha value is -1.85. The summed E-state index contributed by atoms with van der Waals surface area (Å²) in [5, 5.41) is 14.7. The van der Waals surface area contributed by atoms with Gasteiger partial charge in [-0.25, -0.2) is 4.98 Å². The molecule has 1 aromatic carbocycles. The van der Waals surface area contributed by atoms with Crippen LogP contribution in [0.5, 0.6) is 0 Å². The molecule has 2 N–H and O–H groups in total. The molecule has 1 aromatic heterocycles. The number of carbonyl (C=O) groups excluding carboxylic acids is 1. The van der Waals surface area contributed by atoms with E-state index >= 15 is 0 Å². The monoisotopic (exact) mass is 348 g/mol. The van der Waals surface area contributed by atoms with E-state index < -0.39 is 5.54 Å². The van der Waals surface area contributed by atoms with Crippen LogP contribution in [0.25, 0.3) is 16.1 Å². The van der Waals surface area contributed by atoms with Crippen molar-refractivity contribution < 1.29 is 9.90 Å². The second-order valence-electron chi connectivity index (χ2n) is 6.27. The van der Waals surface area contributed by atoms with Gasteiger partial charge in [-0.05, 0) is 32.9 Å². The number of aliphatic hydroxyl groups excluding tert-OH is 1. The summed E-state index contributed by atoms with van der Waals surface area (Å²) in [6, 6.07) is 7.39. The fraction of sp³-hybridized carbons (Fsp3) is 0.294. The Morgan fingerprint density at radius 2 is 1.96 bits per heavy atom. The third-order valence-electron chi connectivity index (χ3n) is 3.70. The fourth-order valence-corrected chi connectivity index (χ4v) is 3.69. The van der Waals surface area contributed by atoms with Gasteiger partial charge in [0, 0.05) is 27.4 Å². The molecule has 0 spiro atoms. The first kappa shape index (κ1) is 16.0. The second kappa shape index (κ2) is 5.65. The lowest BCUT2D eigenvalue weighted by molar-refractivity contribution is -0.117. The normalized spacial score (nSPS) is 17.3. The smallest absolute Gasteiger partial charge is 0.257 e. The van der Waals surface area contributed by atoms with Crippen LogP contribution in [0.4, 0.5) is 0 Å². The lowest BCUT2D eigenvalue weighted by Crippen LogP contribution is -2.47. The van der Waals surface area contributed by atoms with Crippen LogP contribution in [0.15, 0.2) is 30.0 Å². The number of rotatable bonds is 2. The van der Waals surface area contributed by atoms with E-state index in [9.17, 15) is 9.90 Å². The Morgan fingerprint density at radius 1 is 1.30 bits per heavy atom. The van der Waals surface area contributed by atoms with Crippen molar-refractivity contribution in [3.05, 3.63) is 45.6 Å². The highest BCUT2D eigenvalue weighted by molar-refractivity contribution is 7.15. The van der Waals surface area contributed by atoms with Crippen LogP contribution in [-0.2, 0) is 4.79 Å². The average molecular weight is 349 g/mol. The van der Waals surface area contributed by atoms with Crippen molar-refractivity contribution in [1.29, 1.82) is 0 Å². The zero-order valence-electron chi connectivity index (χ0n) is 13.1. The van der Waals surface area contributed by atoms with E-state index in [0.29, 0.717) is 17.1 Å². The van der Waals surface area contributed by atoms with Crippen LogP contribution in [0.3, 0.4) is 0 Å². The first-order valence-corrected chi connectivity index (χ1v) is 8.45. The predicted molar refractivity (Wildman–Crippen MR) is 93.7 cm³/mol. The van der Waals surface area contributed by atoms with E-state index in [-0.39, 0.29) is 17.2 Å². The largest absolute Gasteiger partial charge is 0.511 e. The molecule has 0 radical (unpaired) electrons. The van der Waals surface area contributed by atoms with Crippen LogP contribution in [0.2, 0.25) is 5.02 Å². The maximum Gasteiger partial charge on any atom is 0.257 e.